The molecule has 0 aliphatic carbocycles. The minimum atomic E-state index is -0.312. The molecule has 0 spiro atoms. The lowest BCUT2D eigenvalue weighted by molar-refractivity contribution is -0.118. The van der Waals surface area contributed by atoms with Crippen molar-refractivity contribution in [2.24, 2.45) is 5.16 Å². The van der Waals surface area contributed by atoms with Gasteiger partial charge in [-0.2, -0.15) is 0 Å². The van der Waals surface area contributed by atoms with E-state index >= 15 is 0 Å². The Morgan fingerprint density at radius 2 is 2.08 bits per heavy atom. The van der Waals surface area contributed by atoms with E-state index in [-0.39, 0.29) is 23.3 Å². The predicted octanol–water partition coefficient (Wildman–Crippen LogP) is 3.79. The van der Waals surface area contributed by atoms with Gasteiger partial charge in [-0.25, -0.2) is 0 Å². The SMILES string of the molecule is COc1cc(/C=N/O)cc(Cl)c1OCC(=O)Nc1cc(C)ccc1C. The maximum atomic E-state index is 12.2. The Balaban J connectivity index is 2.10. The Bertz CT molecular complexity index is 806. The number of anilines is 1. The van der Waals surface area contributed by atoms with Crippen molar-refractivity contribution >= 4 is 29.4 Å². The van der Waals surface area contributed by atoms with Crippen LogP contribution in [0.4, 0.5) is 5.69 Å². The van der Waals surface area contributed by atoms with Gasteiger partial charge in [0.25, 0.3) is 5.91 Å². The zero-order chi connectivity index (χ0) is 18.4. The molecule has 2 rings (SSSR count). The number of aryl methyl sites for hydroxylation is 2. The van der Waals surface area contributed by atoms with Crippen molar-refractivity contribution in [3.8, 4) is 11.5 Å². The van der Waals surface area contributed by atoms with Gasteiger partial charge in [-0.1, -0.05) is 28.9 Å². The third-order valence-electron chi connectivity index (χ3n) is 3.47. The minimum absolute atomic E-state index is 0.225. The molecule has 0 heterocycles. The normalized spacial score (nSPS) is 10.7. The summed E-state index contributed by atoms with van der Waals surface area (Å²) < 4.78 is 10.7. The van der Waals surface area contributed by atoms with Gasteiger partial charge in [0, 0.05) is 11.3 Å². The number of hydrogen-bond donors (Lipinski definition) is 2. The lowest BCUT2D eigenvalue weighted by atomic mass is 10.1. The minimum Gasteiger partial charge on any atom is -0.493 e. The van der Waals surface area contributed by atoms with Gasteiger partial charge in [0.2, 0.25) is 0 Å². The summed E-state index contributed by atoms with van der Waals surface area (Å²) >= 11 is 6.16. The molecule has 2 N–H and O–H groups in total. The number of carbonyl (C=O) groups excluding carboxylic acids is 1. The highest BCUT2D eigenvalue weighted by Crippen LogP contribution is 2.36. The number of oxime groups is 1. The van der Waals surface area contributed by atoms with Crippen LogP contribution in [0.3, 0.4) is 0 Å². The third-order valence-corrected chi connectivity index (χ3v) is 3.75. The van der Waals surface area contributed by atoms with Crippen LogP contribution >= 0.6 is 11.6 Å². The largest absolute Gasteiger partial charge is 0.493 e. The van der Waals surface area contributed by atoms with E-state index in [4.69, 9.17) is 26.3 Å². The van der Waals surface area contributed by atoms with Crippen LogP contribution in [0.25, 0.3) is 0 Å². The predicted molar refractivity (Wildman–Crippen MR) is 97.4 cm³/mol. The van der Waals surface area contributed by atoms with Gasteiger partial charge in [-0.3, -0.25) is 4.79 Å². The van der Waals surface area contributed by atoms with E-state index in [1.54, 1.807) is 12.1 Å². The Labute approximate surface area is 151 Å². The summed E-state index contributed by atoms with van der Waals surface area (Å²) in [6.45, 7) is 3.64. The Morgan fingerprint density at radius 3 is 2.76 bits per heavy atom. The van der Waals surface area contributed by atoms with Crippen molar-refractivity contribution in [2.45, 2.75) is 13.8 Å². The second kappa shape index (κ2) is 8.39. The van der Waals surface area contributed by atoms with Gasteiger partial charge in [0.15, 0.2) is 18.1 Å². The Hall–Kier alpha value is -2.73. The van der Waals surface area contributed by atoms with E-state index in [0.29, 0.717) is 11.3 Å². The number of amides is 1. The highest BCUT2D eigenvalue weighted by molar-refractivity contribution is 6.32. The fourth-order valence-corrected chi connectivity index (χ4v) is 2.49. The summed E-state index contributed by atoms with van der Waals surface area (Å²) in [7, 11) is 1.45. The number of hydrogen-bond acceptors (Lipinski definition) is 5. The first-order valence-corrected chi connectivity index (χ1v) is 7.87. The van der Waals surface area contributed by atoms with Crippen molar-refractivity contribution < 1.29 is 19.5 Å². The van der Waals surface area contributed by atoms with Crippen LogP contribution in [0, 0.1) is 13.8 Å². The lowest BCUT2D eigenvalue weighted by Gasteiger charge is -2.14. The number of ether oxygens (including phenoxy) is 2. The molecule has 0 aliphatic rings. The number of carbonyl (C=O) groups is 1. The number of nitrogens with zero attached hydrogens (tertiary/aromatic N) is 1. The van der Waals surface area contributed by atoms with Gasteiger partial charge < -0.3 is 20.0 Å². The molecule has 132 valence electrons. The van der Waals surface area contributed by atoms with Gasteiger partial charge in [-0.05, 0) is 43.2 Å². The van der Waals surface area contributed by atoms with Gasteiger partial charge >= 0.3 is 0 Å². The molecule has 25 heavy (non-hydrogen) atoms. The molecule has 0 saturated carbocycles. The van der Waals surface area contributed by atoms with Gasteiger partial charge in [-0.15, -0.1) is 0 Å². The maximum Gasteiger partial charge on any atom is 0.262 e. The molecular weight excluding hydrogens is 344 g/mol. The first-order valence-electron chi connectivity index (χ1n) is 7.49. The number of methoxy groups -OCH3 is 1. The number of halogens is 1. The van der Waals surface area contributed by atoms with Crippen molar-refractivity contribution in [1.29, 1.82) is 0 Å². The Morgan fingerprint density at radius 1 is 1.32 bits per heavy atom. The molecule has 2 aromatic rings. The first-order chi connectivity index (χ1) is 11.9. The summed E-state index contributed by atoms with van der Waals surface area (Å²) in [4.78, 5) is 12.2. The van der Waals surface area contributed by atoms with E-state index in [1.165, 1.54) is 13.3 Å². The van der Waals surface area contributed by atoms with E-state index in [9.17, 15) is 4.79 Å². The van der Waals surface area contributed by atoms with Gasteiger partial charge in [0.1, 0.15) is 0 Å². The smallest absolute Gasteiger partial charge is 0.262 e. The standard InChI is InChI=1S/C18H19ClN2O4/c1-11-4-5-12(2)15(6-11)21-17(22)10-25-18-14(19)7-13(9-20-23)8-16(18)24-3/h4-9,23H,10H2,1-3H3,(H,21,22)/b20-9+. The van der Waals surface area contributed by atoms with Crippen LogP contribution < -0.4 is 14.8 Å². The van der Waals surface area contributed by atoms with Crippen LogP contribution in [0.5, 0.6) is 11.5 Å². The maximum absolute atomic E-state index is 12.2. The van der Waals surface area contributed by atoms with Crippen LogP contribution in [0.1, 0.15) is 16.7 Å². The molecule has 0 fully saturated rings. The van der Waals surface area contributed by atoms with E-state index in [0.717, 1.165) is 16.8 Å². The van der Waals surface area contributed by atoms with E-state index < -0.39 is 0 Å². The first kappa shape index (κ1) is 18.6. The lowest BCUT2D eigenvalue weighted by Crippen LogP contribution is -2.21. The third kappa shape index (κ3) is 4.87. The van der Waals surface area contributed by atoms with Crippen LogP contribution in [0.2, 0.25) is 5.02 Å². The fraction of sp³-hybridized carbons (Fsp3) is 0.222. The van der Waals surface area contributed by atoms with Crippen molar-refractivity contribution in [2.75, 3.05) is 19.0 Å². The van der Waals surface area contributed by atoms with E-state index in [1.807, 2.05) is 32.0 Å². The molecule has 0 aromatic heterocycles. The molecule has 0 aliphatic heterocycles. The average molecular weight is 363 g/mol. The molecule has 0 atom stereocenters. The van der Waals surface area contributed by atoms with Crippen molar-refractivity contribution in [1.82, 2.24) is 0 Å². The number of benzene rings is 2. The monoisotopic (exact) mass is 362 g/mol. The quantitative estimate of drug-likeness (QED) is 0.465. The van der Waals surface area contributed by atoms with Crippen molar-refractivity contribution in [3.05, 3.63) is 52.0 Å². The summed E-state index contributed by atoms with van der Waals surface area (Å²) in [5.41, 5.74) is 3.28. The second-order valence-corrected chi connectivity index (χ2v) is 5.84. The van der Waals surface area contributed by atoms with Crippen molar-refractivity contribution in [3.63, 3.8) is 0 Å². The zero-order valence-electron chi connectivity index (χ0n) is 14.2. The highest BCUT2D eigenvalue weighted by Gasteiger charge is 2.14. The molecule has 7 heteroatoms. The molecule has 0 radical (unpaired) electrons. The van der Waals surface area contributed by atoms with Crippen LogP contribution in [0.15, 0.2) is 35.5 Å². The molecule has 0 unspecified atom stereocenters. The second-order valence-electron chi connectivity index (χ2n) is 5.43. The number of rotatable bonds is 6. The molecule has 0 bridgehead atoms. The fourth-order valence-electron chi connectivity index (χ4n) is 2.22. The highest BCUT2D eigenvalue weighted by atomic mass is 35.5. The molecule has 2 aromatic carbocycles. The van der Waals surface area contributed by atoms with Crippen LogP contribution in [-0.2, 0) is 4.79 Å². The summed E-state index contributed by atoms with van der Waals surface area (Å²) in [6.07, 6.45) is 1.21. The number of nitrogens with one attached hydrogen (secondary N) is 1. The summed E-state index contributed by atoms with van der Waals surface area (Å²) in [5, 5.41) is 14.6. The molecule has 0 saturated heterocycles. The topological polar surface area (TPSA) is 80.2 Å². The summed E-state index contributed by atoms with van der Waals surface area (Å²) in [5.74, 6) is 0.269. The summed E-state index contributed by atoms with van der Waals surface area (Å²) in [6, 6.07) is 8.94. The van der Waals surface area contributed by atoms with Gasteiger partial charge in [0.05, 0.1) is 18.3 Å². The molecule has 6 nitrogen and oxygen atoms in total. The van der Waals surface area contributed by atoms with E-state index in [2.05, 4.69) is 10.5 Å². The molecular formula is C18H19ClN2O4. The molecule has 1 amide bonds. The Kier molecular flexibility index (Phi) is 6.25. The average Bonchev–Trinajstić information content (AvgIpc) is 2.57. The zero-order valence-corrected chi connectivity index (χ0v) is 14.9. The van der Waals surface area contributed by atoms with Crippen LogP contribution in [-0.4, -0.2) is 31.0 Å².